The monoisotopic (exact) mass is 522 g/mol. The standard InChI is InChI=1S/C28H23FN8O2/c1-15-10-12-30-13-19(15)32-26(38)22-20-23(35-27(39)28(20,2)3)34-24(33-22)21-17-8-6-11-31-25(17)37(36-21)14-16-7-4-5-9-18(16)29/h4-13H,14H2,1-3H3,(H,32,38)(H,33,34,35,39). The molecule has 5 heterocycles. The molecular formula is C28H23FN8O2. The molecule has 0 radical (unpaired) electrons. The van der Waals surface area contributed by atoms with Gasteiger partial charge in [-0.15, -0.1) is 0 Å². The maximum Gasteiger partial charge on any atom is 0.274 e. The Morgan fingerprint density at radius 3 is 2.72 bits per heavy atom. The molecular weight excluding hydrogens is 499 g/mol. The van der Waals surface area contributed by atoms with Crippen LogP contribution in [0, 0.1) is 12.7 Å². The van der Waals surface area contributed by atoms with Crippen LogP contribution < -0.4 is 10.6 Å². The molecule has 11 heteroatoms. The summed E-state index contributed by atoms with van der Waals surface area (Å²) in [5.41, 5.74) is 2.03. The molecule has 0 saturated heterocycles. The summed E-state index contributed by atoms with van der Waals surface area (Å²) in [6.45, 7) is 5.41. The number of benzene rings is 1. The largest absolute Gasteiger partial charge is 0.319 e. The van der Waals surface area contributed by atoms with Crippen LogP contribution in [0.4, 0.5) is 15.9 Å². The lowest BCUT2D eigenvalue weighted by Crippen LogP contribution is -2.29. The zero-order valence-electron chi connectivity index (χ0n) is 21.4. The van der Waals surface area contributed by atoms with Crippen molar-refractivity contribution in [2.45, 2.75) is 32.7 Å². The zero-order valence-corrected chi connectivity index (χ0v) is 21.4. The summed E-state index contributed by atoms with van der Waals surface area (Å²) in [6.07, 6.45) is 4.80. The van der Waals surface area contributed by atoms with Crippen LogP contribution in [0.1, 0.15) is 41.0 Å². The molecule has 2 N–H and O–H groups in total. The number of pyridine rings is 2. The number of amides is 2. The third-order valence-corrected chi connectivity index (χ3v) is 6.83. The average molecular weight is 523 g/mol. The van der Waals surface area contributed by atoms with E-state index in [2.05, 4.69) is 35.7 Å². The van der Waals surface area contributed by atoms with Crippen LogP contribution in [-0.2, 0) is 16.8 Å². The number of anilines is 2. The van der Waals surface area contributed by atoms with Gasteiger partial charge in [-0.2, -0.15) is 5.10 Å². The molecule has 39 heavy (non-hydrogen) atoms. The van der Waals surface area contributed by atoms with Gasteiger partial charge in [0, 0.05) is 23.5 Å². The van der Waals surface area contributed by atoms with Gasteiger partial charge in [0.1, 0.15) is 23.0 Å². The molecule has 194 valence electrons. The van der Waals surface area contributed by atoms with Crippen molar-refractivity contribution in [3.63, 3.8) is 0 Å². The second-order valence-electron chi connectivity index (χ2n) is 9.82. The first-order valence-corrected chi connectivity index (χ1v) is 12.3. The van der Waals surface area contributed by atoms with Crippen molar-refractivity contribution in [3.05, 3.63) is 89.3 Å². The fourth-order valence-corrected chi connectivity index (χ4v) is 4.64. The van der Waals surface area contributed by atoms with Gasteiger partial charge in [-0.3, -0.25) is 14.6 Å². The Morgan fingerprint density at radius 2 is 1.92 bits per heavy atom. The highest BCUT2D eigenvalue weighted by Gasteiger charge is 2.44. The summed E-state index contributed by atoms with van der Waals surface area (Å²) >= 11 is 0. The van der Waals surface area contributed by atoms with Crippen molar-refractivity contribution in [3.8, 4) is 11.5 Å². The summed E-state index contributed by atoms with van der Waals surface area (Å²) in [5.74, 6) is -0.799. The minimum Gasteiger partial charge on any atom is -0.319 e. The molecule has 0 bridgehead atoms. The fourth-order valence-electron chi connectivity index (χ4n) is 4.64. The van der Waals surface area contributed by atoms with Crippen molar-refractivity contribution in [2.24, 2.45) is 0 Å². The predicted molar refractivity (Wildman–Crippen MR) is 143 cm³/mol. The van der Waals surface area contributed by atoms with Crippen molar-refractivity contribution in [1.29, 1.82) is 0 Å². The molecule has 0 saturated carbocycles. The maximum atomic E-state index is 14.4. The first kappa shape index (κ1) is 24.3. The number of carbonyl (C=O) groups excluding carboxylic acids is 2. The van der Waals surface area contributed by atoms with E-state index >= 15 is 0 Å². The molecule has 0 unspecified atom stereocenters. The normalized spacial score (nSPS) is 13.8. The van der Waals surface area contributed by atoms with E-state index in [9.17, 15) is 14.0 Å². The number of carbonyl (C=O) groups is 2. The zero-order chi connectivity index (χ0) is 27.3. The Labute approximate surface area is 222 Å². The van der Waals surface area contributed by atoms with E-state index in [4.69, 9.17) is 0 Å². The van der Waals surface area contributed by atoms with Crippen LogP contribution >= 0.6 is 0 Å². The first-order chi connectivity index (χ1) is 18.7. The van der Waals surface area contributed by atoms with E-state index in [0.29, 0.717) is 33.5 Å². The van der Waals surface area contributed by atoms with Crippen molar-refractivity contribution in [2.75, 3.05) is 10.6 Å². The fraction of sp³-hybridized carbons (Fsp3) is 0.179. The Morgan fingerprint density at radius 1 is 1.10 bits per heavy atom. The second-order valence-corrected chi connectivity index (χ2v) is 9.82. The van der Waals surface area contributed by atoms with Crippen LogP contribution in [0.15, 0.2) is 61.1 Å². The molecule has 4 aromatic heterocycles. The van der Waals surface area contributed by atoms with E-state index in [1.165, 1.54) is 6.07 Å². The van der Waals surface area contributed by atoms with E-state index in [1.54, 1.807) is 73.5 Å². The quantitative estimate of drug-likeness (QED) is 0.353. The lowest BCUT2D eigenvalue weighted by molar-refractivity contribution is -0.119. The number of aryl methyl sites for hydroxylation is 1. The number of hydrogen-bond acceptors (Lipinski definition) is 7. The molecule has 0 aliphatic carbocycles. The van der Waals surface area contributed by atoms with Crippen molar-refractivity contribution >= 4 is 34.4 Å². The highest BCUT2D eigenvalue weighted by Crippen LogP contribution is 2.40. The predicted octanol–water partition coefficient (Wildman–Crippen LogP) is 4.26. The number of hydrogen-bond donors (Lipinski definition) is 2. The van der Waals surface area contributed by atoms with Gasteiger partial charge in [-0.1, -0.05) is 18.2 Å². The third kappa shape index (κ3) is 4.08. The number of nitrogens with one attached hydrogen (secondary N) is 2. The van der Waals surface area contributed by atoms with Crippen LogP contribution in [0.2, 0.25) is 0 Å². The van der Waals surface area contributed by atoms with Gasteiger partial charge in [0.2, 0.25) is 5.91 Å². The smallest absolute Gasteiger partial charge is 0.274 e. The van der Waals surface area contributed by atoms with Crippen molar-refractivity contribution in [1.82, 2.24) is 29.7 Å². The SMILES string of the molecule is Cc1ccncc1NC(=O)c1nc(-c2nn(Cc3ccccc3F)c3ncccc23)nc2c1C(C)(C)C(=O)N2. The highest BCUT2D eigenvalue weighted by molar-refractivity contribution is 6.12. The summed E-state index contributed by atoms with van der Waals surface area (Å²) in [6, 6.07) is 11.8. The van der Waals surface area contributed by atoms with E-state index in [-0.39, 0.29) is 35.6 Å². The summed E-state index contributed by atoms with van der Waals surface area (Å²) in [7, 11) is 0. The van der Waals surface area contributed by atoms with Crippen LogP contribution in [0.25, 0.3) is 22.6 Å². The van der Waals surface area contributed by atoms with Gasteiger partial charge in [-0.05, 0) is 50.6 Å². The number of fused-ring (bicyclic) bond motifs is 2. The summed E-state index contributed by atoms with van der Waals surface area (Å²) in [5, 5.41) is 10.9. The molecule has 1 aliphatic heterocycles. The number of halogens is 1. The Kier molecular flexibility index (Phi) is 5.63. The van der Waals surface area contributed by atoms with Gasteiger partial charge in [0.25, 0.3) is 5.91 Å². The summed E-state index contributed by atoms with van der Waals surface area (Å²) in [4.78, 5) is 44.3. The molecule has 0 atom stereocenters. The second kappa shape index (κ2) is 9.05. The molecule has 1 aromatic carbocycles. The lowest BCUT2D eigenvalue weighted by atomic mass is 9.85. The molecule has 1 aliphatic rings. The van der Waals surface area contributed by atoms with Gasteiger partial charge < -0.3 is 10.6 Å². The Hall–Kier alpha value is -5.06. The molecule has 5 aromatic rings. The van der Waals surface area contributed by atoms with Crippen LogP contribution in [0.5, 0.6) is 0 Å². The first-order valence-electron chi connectivity index (χ1n) is 12.3. The lowest BCUT2D eigenvalue weighted by Gasteiger charge is -2.18. The van der Waals surface area contributed by atoms with Gasteiger partial charge in [-0.25, -0.2) is 24.0 Å². The van der Waals surface area contributed by atoms with Crippen LogP contribution in [-0.4, -0.2) is 41.5 Å². The van der Waals surface area contributed by atoms with E-state index in [0.717, 1.165) is 5.56 Å². The summed E-state index contributed by atoms with van der Waals surface area (Å²) < 4.78 is 16.0. The van der Waals surface area contributed by atoms with Gasteiger partial charge >= 0.3 is 0 Å². The number of aromatic nitrogens is 6. The molecule has 0 spiro atoms. The van der Waals surface area contributed by atoms with Crippen molar-refractivity contribution < 1.29 is 14.0 Å². The molecule has 10 nitrogen and oxygen atoms in total. The molecule has 0 fully saturated rings. The molecule has 2 amide bonds. The van der Waals surface area contributed by atoms with E-state index in [1.807, 2.05) is 6.92 Å². The minimum absolute atomic E-state index is 0.0438. The Balaban J connectivity index is 1.51. The van der Waals surface area contributed by atoms with Crippen LogP contribution in [0.3, 0.4) is 0 Å². The molecule has 6 rings (SSSR count). The van der Waals surface area contributed by atoms with Gasteiger partial charge in [0.05, 0.1) is 29.2 Å². The average Bonchev–Trinajstić information content (AvgIpc) is 3.40. The number of rotatable bonds is 5. The minimum atomic E-state index is -1.04. The number of nitrogens with zero attached hydrogens (tertiary/aromatic N) is 6. The maximum absolute atomic E-state index is 14.4. The van der Waals surface area contributed by atoms with E-state index < -0.39 is 11.3 Å². The highest BCUT2D eigenvalue weighted by atomic mass is 19.1. The van der Waals surface area contributed by atoms with Gasteiger partial charge in [0.15, 0.2) is 11.5 Å². The topological polar surface area (TPSA) is 128 Å². The third-order valence-electron chi connectivity index (χ3n) is 6.83. The Bertz CT molecular complexity index is 1800.